The van der Waals surface area contributed by atoms with Crippen molar-refractivity contribution >= 4 is 0 Å². The van der Waals surface area contributed by atoms with Crippen LogP contribution in [-0.2, 0) is 0 Å². The molecule has 19 heavy (non-hydrogen) atoms. The molecule has 0 amide bonds. The minimum absolute atomic E-state index is 0.303. The number of rotatable bonds is 5. The van der Waals surface area contributed by atoms with Crippen molar-refractivity contribution in [3.63, 3.8) is 0 Å². The van der Waals surface area contributed by atoms with Crippen LogP contribution in [-0.4, -0.2) is 74.7 Å². The highest BCUT2D eigenvalue weighted by atomic mass is 15.2. The number of likely N-dealkylation sites (tertiary alicyclic amines) is 1. The Hall–Kier alpha value is -0.160. The summed E-state index contributed by atoms with van der Waals surface area (Å²) in [5, 5.41) is 7.04. The zero-order valence-corrected chi connectivity index (χ0v) is 13.2. The van der Waals surface area contributed by atoms with E-state index in [9.17, 15) is 0 Å². The summed E-state index contributed by atoms with van der Waals surface area (Å²) in [6, 6.07) is 0.648. The van der Waals surface area contributed by atoms with Crippen LogP contribution in [0.5, 0.6) is 0 Å². The van der Waals surface area contributed by atoms with Gasteiger partial charge in [-0.3, -0.25) is 4.90 Å². The van der Waals surface area contributed by atoms with E-state index in [0.717, 1.165) is 19.0 Å². The van der Waals surface area contributed by atoms with Gasteiger partial charge in [0.1, 0.15) is 0 Å². The molecule has 0 radical (unpaired) electrons. The highest BCUT2D eigenvalue weighted by molar-refractivity contribution is 4.93. The van der Waals surface area contributed by atoms with Gasteiger partial charge in [0.2, 0.25) is 0 Å². The zero-order chi connectivity index (χ0) is 13.9. The lowest BCUT2D eigenvalue weighted by Crippen LogP contribution is -2.56. The van der Waals surface area contributed by atoms with E-state index in [4.69, 9.17) is 0 Å². The molecule has 0 spiro atoms. The summed E-state index contributed by atoms with van der Waals surface area (Å²) >= 11 is 0. The van der Waals surface area contributed by atoms with Crippen LogP contribution in [0.2, 0.25) is 0 Å². The van der Waals surface area contributed by atoms with Gasteiger partial charge in [0.25, 0.3) is 0 Å². The molecule has 0 aromatic heterocycles. The van der Waals surface area contributed by atoms with E-state index in [-0.39, 0.29) is 0 Å². The molecule has 2 saturated heterocycles. The molecule has 112 valence electrons. The Morgan fingerprint density at radius 1 is 1.26 bits per heavy atom. The lowest BCUT2D eigenvalue weighted by Gasteiger charge is -2.44. The van der Waals surface area contributed by atoms with Crippen molar-refractivity contribution in [3.05, 3.63) is 0 Å². The third kappa shape index (κ3) is 3.91. The first kappa shape index (κ1) is 15.2. The molecule has 4 heteroatoms. The quantitative estimate of drug-likeness (QED) is 0.764. The second-order valence-corrected chi connectivity index (χ2v) is 6.96. The standard InChI is InChI=1S/C15H32N4/c1-15(2,19-9-6-17-7-10-19)11-14(16-3)13-5-8-18(4)12-13/h13-14,16-17H,5-12H2,1-4H3. The molecule has 2 aliphatic rings. The Kier molecular flexibility index (Phi) is 5.23. The van der Waals surface area contributed by atoms with Crippen molar-refractivity contribution in [2.24, 2.45) is 5.92 Å². The fourth-order valence-corrected chi connectivity index (χ4v) is 3.74. The van der Waals surface area contributed by atoms with Crippen molar-refractivity contribution in [1.29, 1.82) is 0 Å². The number of piperazine rings is 1. The second kappa shape index (κ2) is 6.53. The predicted octanol–water partition coefficient (Wildman–Crippen LogP) is 0.600. The molecule has 2 aliphatic heterocycles. The van der Waals surface area contributed by atoms with Crippen molar-refractivity contribution in [2.45, 2.75) is 38.3 Å². The Morgan fingerprint density at radius 2 is 1.95 bits per heavy atom. The summed E-state index contributed by atoms with van der Waals surface area (Å²) in [5.74, 6) is 0.817. The maximum absolute atomic E-state index is 3.59. The monoisotopic (exact) mass is 268 g/mol. The van der Waals surface area contributed by atoms with Crippen molar-refractivity contribution in [1.82, 2.24) is 20.4 Å². The van der Waals surface area contributed by atoms with Gasteiger partial charge in [0, 0.05) is 44.3 Å². The average molecular weight is 268 g/mol. The van der Waals surface area contributed by atoms with E-state index in [1.54, 1.807) is 0 Å². The lowest BCUT2D eigenvalue weighted by molar-refractivity contribution is 0.0789. The summed E-state index contributed by atoms with van der Waals surface area (Å²) in [4.78, 5) is 5.12. The molecule has 0 aromatic carbocycles. The number of hydrogen-bond donors (Lipinski definition) is 2. The van der Waals surface area contributed by atoms with Crippen LogP contribution in [0.15, 0.2) is 0 Å². The fraction of sp³-hybridized carbons (Fsp3) is 1.00. The number of nitrogens with zero attached hydrogens (tertiary/aromatic N) is 2. The first-order chi connectivity index (χ1) is 9.03. The number of hydrogen-bond acceptors (Lipinski definition) is 4. The van der Waals surface area contributed by atoms with E-state index >= 15 is 0 Å². The predicted molar refractivity (Wildman–Crippen MR) is 81.6 cm³/mol. The largest absolute Gasteiger partial charge is 0.317 e. The van der Waals surface area contributed by atoms with Gasteiger partial charge >= 0.3 is 0 Å². The van der Waals surface area contributed by atoms with Crippen molar-refractivity contribution < 1.29 is 0 Å². The van der Waals surface area contributed by atoms with Crippen LogP contribution in [0.25, 0.3) is 0 Å². The van der Waals surface area contributed by atoms with Crippen LogP contribution in [0, 0.1) is 5.92 Å². The minimum Gasteiger partial charge on any atom is -0.317 e. The van der Waals surface area contributed by atoms with Gasteiger partial charge in [-0.05, 0) is 53.2 Å². The smallest absolute Gasteiger partial charge is 0.0169 e. The first-order valence-electron chi connectivity index (χ1n) is 7.84. The molecule has 0 bridgehead atoms. The molecule has 0 aliphatic carbocycles. The summed E-state index contributed by atoms with van der Waals surface area (Å²) in [7, 11) is 4.38. The highest BCUT2D eigenvalue weighted by Crippen LogP contribution is 2.27. The van der Waals surface area contributed by atoms with Gasteiger partial charge in [-0.1, -0.05) is 0 Å². The Morgan fingerprint density at radius 3 is 2.47 bits per heavy atom. The molecule has 2 unspecified atom stereocenters. The van der Waals surface area contributed by atoms with E-state index < -0.39 is 0 Å². The van der Waals surface area contributed by atoms with Crippen molar-refractivity contribution in [2.75, 3.05) is 53.4 Å². The van der Waals surface area contributed by atoms with Gasteiger partial charge < -0.3 is 15.5 Å². The average Bonchev–Trinajstić information content (AvgIpc) is 2.84. The fourth-order valence-electron chi connectivity index (χ4n) is 3.74. The van der Waals surface area contributed by atoms with Gasteiger partial charge in [0.05, 0.1) is 0 Å². The van der Waals surface area contributed by atoms with E-state index in [1.165, 1.54) is 39.0 Å². The van der Waals surface area contributed by atoms with Crippen molar-refractivity contribution in [3.8, 4) is 0 Å². The summed E-state index contributed by atoms with van der Waals surface area (Å²) < 4.78 is 0. The Labute approximate surface area is 118 Å². The van der Waals surface area contributed by atoms with Gasteiger partial charge in [-0.15, -0.1) is 0 Å². The Bertz CT molecular complexity index is 273. The molecular weight excluding hydrogens is 236 g/mol. The third-order valence-electron chi connectivity index (χ3n) is 5.06. The lowest BCUT2D eigenvalue weighted by atomic mass is 9.85. The topological polar surface area (TPSA) is 30.5 Å². The van der Waals surface area contributed by atoms with E-state index in [2.05, 4.69) is 48.4 Å². The van der Waals surface area contributed by atoms with Gasteiger partial charge in [0.15, 0.2) is 0 Å². The summed E-state index contributed by atoms with van der Waals surface area (Å²) in [5.41, 5.74) is 0.303. The molecular formula is C15H32N4. The maximum Gasteiger partial charge on any atom is 0.0169 e. The minimum atomic E-state index is 0.303. The molecule has 0 saturated carbocycles. The number of nitrogens with one attached hydrogen (secondary N) is 2. The molecule has 2 N–H and O–H groups in total. The summed E-state index contributed by atoms with van der Waals surface area (Å²) in [6.07, 6.45) is 2.60. The Balaban J connectivity index is 1.92. The highest BCUT2D eigenvalue weighted by Gasteiger charge is 2.34. The molecule has 2 atom stereocenters. The van der Waals surface area contributed by atoms with Crippen LogP contribution in [0.4, 0.5) is 0 Å². The zero-order valence-electron chi connectivity index (χ0n) is 13.2. The van der Waals surface area contributed by atoms with E-state index in [1.807, 2.05) is 0 Å². The van der Waals surface area contributed by atoms with Crippen LogP contribution in [0.3, 0.4) is 0 Å². The van der Waals surface area contributed by atoms with Gasteiger partial charge in [-0.2, -0.15) is 0 Å². The molecule has 2 fully saturated rings. The molecule has 2 rings (SSSR count). The molecule has 2 heterocycles. The first-order valence-corrected chi connectivity index (χ1v) is 7.84. The summed E-state index contributed by atoms with van der Waals surface area (Å²) in [6.45, 7) is 12.0. The van der Waals surface area contributed by atoms with E-state index in [0.29, 0.717) is 11.6 Å². The third-order valence-corrected chi connectivity index (χ3v) is 5.06. The van der Waals surface area contributed by atoms with Crippen LogP contribution in [0.1, 0.15) is 26.7 Å². The normalized spacial score (nSPS) is 28.7. The molecule has 4 nitrogen and oxygen atoms in total. The SMILES string of the molecule is CNC(CC(C)(C)N1CCNCC1)C1CCN(C)C1. The molecule has 0 aromatic rings. The maximum atomic E-state index is 3.59. The van der Waals surface area contributed by atoms with Crippen LogP contribution < -0.4 is 10.6 Å². The van der Waals surface area contributed by atoms with Gasteiger partial charge in [-0.25, -0.2) is 0 Å². The van der Waals surface area contributed by atoms with Crippen LogP contribution >= 0.6 is 0 Å². The second-order valence-electron chi connectivity index (χ2n) is 6.96.